The van der Waals surface area contributed by atoms with Gasteiger partial charge in [-0.3, -0.25) is 9.59 Å². The molecule has 26 heavy (non-hydrogen) atoms. The Morgan fingerprint density at radius 3 is 2.46 bits per heavy atom. The number of ketones is 2. The molecule has 0 heterocycles. The van der Waals surface area contributed by atoms with Crippen molar-refractivity contribution in [3.05, 3.63) is 12.2 Å². The third-order valence-electron chi connectivity index (χ3n) is 5.61. The lowest BCUT2D eigenvalue weighted by Crippen LogP contribution is -2.28. The predicted molar refractivity (Wildman–Crippen MR) is 104 cm³/mol. The summed E-state index contributed by atoms with van der Waals surface area (Å²) in [5.41, 5.74) is 0. The van der Waals surface area contributed by atoms with Crippen LogP contribution in [0.5, 0.6) is 0 Å². The van der Waals surface area contributed by atoms with Crippen LogP contribution in [0.3, 0.4) is 0 Å². The second-order valence-corrected chi connectivity index (χ2v) is 7.59. The SMILES string of the molecule is CCCCCCCC[C@H]1CCC[C@@H]1C=CCC(=O)C(C)C(=O)C(=O)OC. The molecular formula is C22H36O4. The fourth-order valence-electron chi connectivity index (χ4n) is 3.82. The third kappa shape index (κ3) is 7.84. The van der Waals surface area contributed by atoms with E-state index >= 15 is 0 Å². The highest BCUT2D eigenvalue weighted by Crippen LogP contribution is 2.36. The maximum Gasteiger partial charge on any atom is 0.375 e. The Bertz CT molecular complexity index is 481. The van der Waals surface area contributed by atoms with Crippen molar-refractivity contribution in [3.8, 4) is 0 Å². The van der Waals surface area contributed by atoms with Gasteiger partial charge in [0, 0.05) is 6.42 Å². The van der Waals surface area contributed by atoms with Crippen LogP contribution in [0.4, 0.5) is 0 Å². The van der Waals surface area contributed by atoms with Crippen LogP contribution in [0.25, 0.3) is 0 Å². The lowest BCUT2D eigenvalue weighted by molar-refractivity contribution is -0.154. The standard InChI is InChI=1S/C22H36O4/c1-4-5-6-7-8-9-12-18-13-10-14-19(18)15-11-16-20(23)17(2)21(24)22(25)26-3/h11,15,17-19H,4-10,12-14,16H2,1-3H3/t17?,18-,19+/m0/s1. The lowest BCUT2D eigenvalue weighted by atomic mass is 9.89. The summed E-state index contributed by atoms with van der Waals surface area (Å²) in [6.07, 6.45) is 17.3. The molecule has 0 N–H and O–H groups in total. The molecule has 0 aromatic rings. The van der Waals surface area contributed by atoms with Gasteiger partial charge >= 0.3 is 5.97 Å². The number of methoxy groups -OCH3 is 1. The Morgan fingerprint density at radius 1 is 1.08 bits per heavy atom. The smallest absolute Gasteiger partial charge is 0.375 e. The van der Waals surface area contributed by atoms with Gasteiger partial charge in [0.1, 0.15) is 5.78 Å². The lowest BCUT2D eigenvalue weighted by Gasteiger charge is -2.16. The number of allylic oxidation sites excluding steroid dienone is 2. The van der Waals surface area contributed by atoms with Crippen molar-refractivity contribution in [1.29, 1.82) is 0 Å². The van der Waals surface area contributed by atoms with Crippen molar-refractivity contribution in [3.63, 3.8) is 0 Å². The van der Waals surface area contributed by atoms with E-state index in [1.165, 1.54) is 71.1 Å². The molecule has 1 rings (SSSR count). The number of hydrogen-bond acceptors (Lipinski definition) is 4. The second-order valence-electron chi connectivity index (χ2n) is 7.59. The summed E-state index contributed by atoms with van der Waals surface area (Å²) in [6, 6.07) is 0. The number of hydrogen-bond donors (Lipinski definition) is 0. The van der Waals surface area contributed by atoms with Gasteiger partial charge in [-0.25, -0.2) is 4.79 Å². The van der Waals surface area contributed by atoms with Crippen LogP contribution >= 0.6 is 0 Å². The van der Waals surface area contributed by atoms with E-state index in [0.29, 0.717) is 5.92 Å². The molecule has 1 aliphatic carbocycles. The van der Waals surface area contributed by atoms with Crippen LogP contribution in [-0.4, -0.2) is 24.6 Å². The molecule has 3 atom stereocenters. The number of carbonyl (C=O) groups excluding carboxylic acids is 3. The summed E-state index contributed by atoms with van der Waals surface area (Å²) in [5.74, 6) is -1.54. The fourth-order valence-corrected chi connectivity index (χ4v) is 3.82. The van der Waals surface area contributed by atoms with E-state index in [0.717, 1.165) is 13.0 Å². The molecule has 0 saturated heterocycles. The molecule has 1 aliphatic rings. The number of esters is 1. The molecule has 0 radical (unpaired) electrons. The maximum atomic E-state index is 12.1. The van der Waals surface area contributed by atoms with E-state index in [9.17, 15) is 14.4 Å². The molecule has 0 spiro atoms. The Balaban J connectivity index is 2.33. The highest BCUT2D eigenvalue weighted by molar-refractivity contribution is 6.38. The van der Waals surface area contributed by atoms with Crippen molar-refractivity contribution < 1.29 is 19.1 Å². The van der Waals surface area contributed by atoms with Gasteiger partial charge in [-0.05, 0) is 38.0 Å². The van der Waals surface area contributed by atoms with Gasteiger partial charge in [0.15, 0.2) is 0 Å². The fraction of sp³-hybridized carbons (Fsp3) is 0.773. The van der Waals surface area contributed by atoms with E-state index in [1.54, 1.807) is 0 Å². The third-order valence-corrected chi connectivity index (χ3v) is 5.61. The zero-order chi connectivity index (χ0) is 19.4. The molecule has 0 bridgehead atoms. The van der Waals surface area contributed by atoms with E-state index in [2.05, 4.69) is 17.7 Å². The first kappa shape index (κ1) is 22.6. The van der Waals surface area contributed by atoms with Crippen molar-refractivity contribution >= 4 is 17.5 Å². The van der Waals surface area contributed by atoms with Gasteiger partial charge in [0.2, 0.25) is 5.78 Å². The van der Waals surface area contributed by atoms with E-state index in [1.807, 2.05) is 6.08 Å². The highest BCUT2D eigenvalue weighted by atomic mass is 16.5. The summed E-state index contributed by atoms with van der Waals surface area (Å²) in [4.78, 5) is 35.0. The average molecular weight is 365 g/mol. The average Bonchev–Trinajstić information content (AvgIpc) is 3.09. The summed E-state index contributed by atoms with van der Waals surface area (Å²) < 4.78 is 4.39. The second kappa shape index (κ2) is 12.8. The molecule has 4 heteroatoms. The van der Waals surface area contributed by atoms with Crippen LogP contribution in [0.1, 0.15) is 84.5 Å². The summed E-state index contributed by atoms with van der Waals surface area (Å²) in [6.45, 7) is 3.72. The Morgan fingerprint density at radius 2 is 1.77 bits per heavy atom. The Kier molecular flexibility index (Phi) is 11.1. The quantitative estimate of drug-likeness (QED) is 0.151. The van der Waals surface area contributed by atoms with E-state index < -0.39 is 17.7 Å². The monoisotopic (exact) mass is 364 g/mol. The normalized spacial score (nSPS) is 21.0. The first-order valence-electron chi connectivity index (χ1n) is 10.3. The van der Waals surface area contributed by atoms with Crippen molar-refractivity contribution in [1.82, 2.24) is 0 Å². The molecule has 0 aromatic carbocycles. The zero-order valence-electron chi connectivity index (χ0n) is 16.8. The molecule has 1 saturated carbocycles. The van der Waals surface area contributed by atoms with Gasteiger partial charge < -0.3 is 4.74 Å². The number of unbranched alkanes of at least 4 members (excludes halogenated alkanes) is 5. The van der Waals surface area contributed by atoms with E-state index in [4.69, 9.17) is 0 Å². The van der Waals surface area contributed by atoms with Crippen molar-refractivity contribution in [2.45, 2.75) is 84.5 Å². The Hall–Kier alpha value is -1.45. The molecule has 0 aliphatic heterocycles. The highest BCUT2D eigenvalue weighted by Gasteiger charge is 2.28. The van der Waals surface area contributed by atoms with Crippen LogP contribution in [0, 0.1) is 17.8 Å². The van der Waals surface area contributed by atoms with Crippen LogP contribution in [0.15, 0.2) is 12.2 Å². The largest absolute Gasteiger partial charge is 0.463 e. The number of carbonyl (C=O) groups is 3. The van der Waals surface area contributed by atoms with Gasteiger partial charge in [0.25, 0.3) is 0 Å². The first-order valence-corrected chi connectivity index (χ1v) is 10.3. The first-order chi connectivity index (χ1) is 12.5. The van der Waals surface area contributed by atoms with Crippen molar-refractivity contribution in [2.24, 2.45) is 17.8 Å². The number of ether oxygens (including phenoxy) is 1. The molecule has 0 amide bonds. The molecule has 0 aromatic heterocycles. The van der Waals surface area contributed by atoms with Crippen molar-refractivity contribution in [2.75, 3.05) is 7.11 Å². The van der Waals surface area contributed by atoms with E-state index in [-0.39, 0.29) is 12.2 Å². The topological polar surface area (TPSA) is 60.4 Å². The molecule has 4 nitrogen and oxygen atoms in total. The van der Waals surface area contributed by atoms with Gasteiger partial charge in [-0.15, -0.1) is 0 Å². The van der Waals surface area contributed by atoms with Gasteiger partial charge in [-0.2, -0.15) is 0 Å². The van der Waals surface area contributed by atoms with Crippen LogP contribution in [0.2, 0.25) is 0 Å². The summed E-state index contributed by atoms with van der Waals surface area (Å²) >= 11 is 0. The van der Waals surface area contributed by atoms with Gasteiger partial charge in [-0.1, -0.05) is 64.0 Å². The summed E-state index contributed by atoms with van der Waals surface area (Å²) in [7, 11) is 1.15. The van der Waals surface area contributed by atoms with Gasteiger partial charge in [0.05, 0.1) is 13.0 Å². The zero-order valence-corrected chi connectivity index (χ0v) is 16.8. The Labute approximate surface area is 158 Å². The molecule has 1 fully saturated rings. The molecule has 1 unspecified atom stereocenters. The molecule has 148 valence electrons. The minimum absolute atomic E-state index is 0.212. The number of rotatable bonds is 13. The summed E-state index contributed by atoms with van der Waals surface area (Å²) in [5, 5.41) is 0. The maximum absolute atomic E-state index is 12.1. The molecular weight excluding hydrogens is 328 g/mol. The number of Topliss-reactive ketones (excluding diaryl/α,β-unsaturated/α-hetero) is 2. The predicted octanol–water partition coefficient (Wildman–Crippen LogP) is 5.05. The minimum atomic E-state index is -0.940. The van der Waals surface area contributed by atoms with Crippen LogP contribution in [-0.2, 0) is 19.1 Å². The minimum Gasteiger partial charge on any atom is -0.463 e. The van der Waals surface area contributed by atoms with Crippen LogP contribution < -0.4 is 0 Å².